The standard InChI is InChI=1S/C15H22N2/c1-12-9-14(11-15(2,3)10-12)17-16-13-7-5-4-6-8-13/h4-8,12,16H,9-11H2,1-3H3. The van der Waals surface area contributed by atoms with Crippen molar-refractivity contribution in [1.29, 1.82) is 0 Å². The highest BCUT2D eigenvalue weighted by atomic mass is 15.3. The van der Waals surface area contributed by atoms with Gasteiger partial charge >= 0.3 is 0 Å². The van der Waals surface area contributed by atoms with Crippen LogP contribution < -0.4 is 5.43 Å². The van der Waals surface area contributed by atoms with Gasteiger partial charge in [-0.25, -0.2) is 0 Å². The Hall–Kier alpha value is -1.31. The van der Waals surface area contributed by atoms with Crippen LogP contribution in [0.15, 0.2) is 35.4 Å². The lowest BCUT2D eigenvalue weighted by atomic mass is 9.72. The number of para-hydroxylation sites is 1. The normalized spacial score (nSPS) is 25.8. The Morgan fingerprint density at radius 1 is 1.24 bits per heavy atom. The molecule has 1 N–H and O–H groups in total. The van der Waals surface area contributed by atoms with Crippen LogP contribution in [-0.2, 0) is 0 Å². The smallest absolute Gasteiger partial charge is 0.0561 e. The molecule has 0 spiro atoms. The largest absolute Gasteiger partial charge is 0.279 e. The van der Waals surface area contributed by atoms with Gasteiger partial charge < -0.3 is 0 Å². The number of hydrazone groups is 1. The molecule has 1 saturated carbocycles. The average molecular weight is 230 g/mol. The first kappa shape index (κ1) is 12.2. The number of hydrogen-bond acceptors (Lipinski definition) is 2. The molecule has 2 nitrogen and oxygen atoms in total. The summed E-state index contributed by atoms with van der Waals surface area (Å²) in [6.07, 6.45) is 3.54. The number of nitrogens with one attached hydrogen (secondary N) is 1. The molecule has 2 heteroatoms. The molecule has 1 aliphatic rings. The molecule has 2 rings (SSSR count). The van der Waals surface area contributed by atoms with E-state index in [2.05, 4.69) is 31.3 Å². The molecule has 1 unspecified atom stereocenters. The van der Waals surface area contributed by atoms with Gasteiger partial charge in [0.1, 0.15) is 0 Å². The predicted molar refractivity (Wildman–Crippen MR) is 74.3 cm³/mol. The van der Waals surface area contributed by atoms with E-state index in [1.807, 2.05) is 30.3 Å². The Balaban J connectivity index is 2.02. The molecular formula is C15H22N2. The molecule has 1 aromatic rings. The van der Waals surface area contributed by atoms with E-state index in [4.69, 9.17) is 0 Å². The summed E-state index contributed by atoms with van der Waals surface area (Å²) in [4.78, 5) is 0. The van der Waals surface area contributed by atoms with Crippen molar-refractivity contribution in [2.24, 2.45) is 16.4 Å². The molecule has 0 bridgehead atoms. The van der Waals surface area contributed by atoms with E-state index in [-0.39, 0.29) is 0 Å². The highest BCUT2D eigenvalue weighted by Gasteiger charge is 2.29. The van der Waals surface area contributed by atoms with E-state index in [9.17, 15) is 0 Å². The number of hydrogen-bond donors (Lipinski definition) is 1. The maximum atomic E-state index is 4.57. The molecule has 1 atom stereocenters. The lowest BCUT2D eigenvalue weighted by molar-refractivity contribution is 0.266. The van der Waals surface area contributed by atoms with Crippen LogP contribution in [0.25, 0.3) is 0 Å². The molecule has 92 valence electrons. The van der Waals surface area contributed by atoms with Crippen molar-refractivity contribution in [3.8, 4) is 0 Å². The molecular weight excluding hydrogens is 208 g/mol. The highest BCUT2D eigenvalue weighted by Crippen LogP contribution is 2.36. The van der Waals surface area contributed by atoms with Crippen LogP contribution in [0, 0.1) is 11.3 Å². The van der Waals surface area contributed by atoms with E-state index >= 15 is 0 Å². The van der Waals surface area contributed by atoms with Crippen molar-refractivity contribution < 1.29 is 0 Å². The lowest BCUT2D eigenvalue weighted by Crippen LogP contribution is -2.28. The van der Waals surface area contributed by atoms with Crippen molar-refractivity contribution >= 4 is 11.4 Å². The Morgan fingerprint density at radius 2 is 1.94 bits per heavy atom. The summed E-state index contributed by atoms with van der Waals surface area (Å²) in [6.45, 7) is 6.99. The van der Waals surface area contributed by atoms with E-state index in [0.717, 1.165) is 24.4 Å². The summed E-state index contributed by atoms with van der Waals surface area (Å²) < 4.78 is 0. The summed E-state index contributed by atoms with van der Waals surface area (Å²) >= 11 is 0. The van der Waals surface area contributed by atoms with Crippen molar-refractivity contribution in [2.75, 3.05) is 5.43 Å². The Morgan fingerprint density at radius 3 is 2.59 bits per heavy atom. The van der Waals surface area contributed by atoms with E-state index in [1.165, 1.54) is 12.1 Å². The first-order valence-electron chi connectivity index (χ1n) is 6.42. The third-order valence-corrected chi connectivity index (χ3v) is 3.28. The second kappa shape index (κ2) is 4.91. The fourth-order valence-electron chi connectivity index (χ4n) is 2.86. The minimum atomic E-state index is 0.398. The highest BCUT2D eigenvalue weighted by molar-refractivity contribution is 5.86. The van der Waals surface area contributed by atoms with Crippen LogP contribution in [0.1, 0.15) is 40.0 Å². The van der Waals surface area contributed by atoms with Gasteiger partial charge in [0.15, 0.2) is 0 Å². The summed E-state index contributed by atoms with van der Waals surface area (Å²) in [5.74, 6) is 0.745. The van der Waals surface area contributed by atoms with E-state index in [1.54, 1.807) is 0 Å². The van der Waals surface area contributed by atoms with Crippen molar-refractivity contribution in [1.82, 2.24) is 0 Å². The van der Waals surface area contributed by atoms with Gasteiger partial charge in [-0.15, -0.1) is 0 Å². The number of rotatable bonds is 2. The fraction of sp³-hybridized carbons (Fsp3) is 0.533. The van der Waals surface area contributed by atoms with Gasteiger partial charge in [-0.1, -0.05) is 39.0 Å². The quantitative estimate of drug-likeness (QED) is 0.753. The molecule has 0 heterocycles. The maximum Gasteiger partial charge on any atom is 0.0561 e. The molecule has 0 amide bonds. The van der Waals surface area contributed by atoms with Crippen LogP contribution in [0.5, 0.6) is 0 Å². The third-order valence-electron chi connectivity index (χ3n) is 3.28. The van der Waals surface area contributed by atoms with Gasteiger partial charge in [0.25, 0.3) is 0 Å². The SMILES string of the molecule is CC1CC(=NNc2ccccc2)CC(C)(C)C1. The number of nitrogens with zero attached hydrogens (tertiary/aromatic N) is 1. The average Bonchev–Trinajstić information content (AvgIpc) is 2.25. The molecule has 0 aromatic heterocycles. The summed E-state index contributed by atoms with van der Waals surface area (Å²) in [7, 11) is 0. The summed E-state index contributed by atoms with van der Waals surface area (Å²) in [6, 6.07) is 10.2. The molecule has 0 aliphatic heterocycles. The van der Waals surface area contributed by atoms with E-state index < -0.39 is 0 Å². The first-order valence-corrected chi connectivity index (χ1v) is 6.42. The molecule has 1 aliphatic carbocycles. The zero-order valence-electron chi connectivity index (χ0n) is 11.0. The fourth-order valence-corrected chi connectivity index (χ4v) is 2.86. The van der Waals surface area contributed by atoms with Crippen LogP contribution in [0.3, 0.4) is 0 Å². The second-order valence-corrected chi connectivity index (χ2v) is 6.01. The van der Waals surface area contributed by atoms with Crippen LogP contribution in [0.4, 0.5) is 5.69 Å². The number of anilines is 1. The van der Waals surface area contributed by atoms with Crippen LogP contribution >= 0.6 is 0 Å². The monoisotopic (exact) mass is 230 g/mol. The van der Waals surface area contributed by atoms with Crippen molar-refractivity contribution in [3.63, 3.8) is 0 Å². The Bertz CT molecular complexity index is 393. The van der Waals surface area contributed by atoms with E-state index in [0.29, 0.717) is 5.41 Å². The number of benzene rings is 1. The minimum absolute atomic E-state index is 0.398. The Kier molecular flexibility index (Phi) is 3.51. The zero-order chi connectivity index (χ0) is 12.3. The molecule has 1 fully saturated rings. The minimum Gasteiger partial charge on any atom is -0.279 e. The van der Waals surface area contributed by atoms with Gasteiger partial charge in [-0.2, -0.15) is 5.10 Å². The van der Waals surface area contributed by atoms with Crippen molar-refractivity contribution in [2.45, 2.75) is 40.0 Å². The predicted octanol–water partition coefficient (Wildman–Crippen LogP) is 4.30. The van der Waals surface area contributed by atoms with Crippen molar-refractivity contribution in [3.05, 3.63) is 30.3 Å². The Labute approximate surface area is 104 Å². The van der Waals surface area contributed by atoms with Gasteiger partial charge in [-0.05, 0) is 42.7 Å². The van der Waals surface area contributed by atoms with Gasteiger partial charge in [0, 0.05) is 5.71 Å². The van der Waals surface area contributed by atoms with Gasteiger partial charge in [-0.3, -0.25) is 5.43 Å². The second-order valence-electron chi connectivity index (χ2n) is 6.01. The summed E-state index contributed by atoms with van der Waals surface area (Å²) in [5, 5.41) is 4.57. The molecule has 17 heavy (non-hydrogen) atoms. The molecule has 0 radical (unpaired) electrons. The summed E-state index contributed by atoms with van der Waals surface area (Å²) in [5.41, 5.74) is 5.93. The van der Waals surface area contributed by atoms with Crippen LogP contribution in [-0.4, -0.2) is 5.71 Å². The lowest BCUT2D eigenvalue weighted by Gasteiger charge is -2.34. The first-order chi connectivity index (χ1) is 8.05. The van der Waals surface area contributed by atoms with Gasteiger partial charge in [0.2, 0.25) is 0 Å². The zero-order valence-corrected chi connectivity index (χ0v) is 11.0. The van der Waals surface area contributed by atoms with Gasteiger partial charge in [0.05, 0.1) is 5.69 Å². The third kappa shape index (κ3) is 3.58. The molecule has 1 aromatic carbocycles. The van der Waals surface area contributed by atoms with Crippen LogP contribution in [0.2, 0.25) is 0 Å². The topological polar surface area (TPSA) is 24.4 Å². The molecule has 0 saturated heterocycles. The maximum absolute atomic E-state index is 4.57.